The summed E-state index contributed by atoms with van der Waals surface area (Å²) in [5.74, 6) is 1.09. The van der Waals surface area contributed by atoms with Crippen LogP contribution >= 0.6 is 0 Å². The molecule has 0 spiro atoms. The summed E-state index contributed by atoms with van der Waals surface area (Å²) >= 11 is 0. The second-order valence-electron chi connectivity index (χ2n) is 8.64. The number of benzene rings is 2. The Morgan fingerprint density at radius 3 is 2.30 bits per heavy atom. The van der Waals surface area contributed by atoms with Gasteiger partial charge in [-0.25, -0.2) is 0 Å². The van der Waals surface area contributed by atoms with Gasteiger partial charge >= 0.3 is 0 Å². The fourth-order valence-electron chi connectivity index (χ4n) is 3.48. The number of phenols is 1. The van der Waals surface area contributed by atoms with Crippen molar-refractivity contribution in [3.63, 3.8) is 0 Å². The molecule has 2 nitrogen and oxygen atoms in total. The Morgan fingerprint density at radius 1 is 1.00 bits per heavy atom. The SMILES string of the molecule is Cc1ccc(C(C)(C)c2ccccc2)c(O)c1C=NC(C)CCCC(C)C. The Labute approximate surface area is 165 Å². The fraction of sp³-hybridized carbons (Fsp3) is 0.480. The molecule has 0 radical (unpaired) electrons. The Hall–Kier alpha value is -2.09. The summed E-state index contributed by atoms with van der Waals surface area (Å²) in [6, 6.07) is 14.7. The summed E-state index contributed by atoms with van der Waals surface area (Å²) in [5, 5.41) is 11.0. The van der Waals surface area contributed by atoms with Gasteiger partial charge in [-0.05, 0) is 37.3 Å². The molecule has 0 bridgehead atoms. The molecular weight excluding hydrogens is 330 g/mol. The summed E-state index contributed by atoms with van der Waals surface area (Å²) in [6.45, 7) is 13.0. The molecule has 1 unspecified atom stereocenters. The first-order valence-electron chi connectivity index (χ1n) is 10.1. The minimum Gasteiger partial charge on any atom is -0.507 e. The molecule has 1 N–H and O–H groups in total. The van der Waals surface area contributed by atoms with Crippen molar-refractivity contribution in [2.75, 3.05) is 0 Å². The standard InChI is InChI=1S/C25H35NO/c1-18(2)11-10-12-20(4)26-17-22-19(3)15-16-23(24(22)27)25(5,6)21-13-8-7-9-14-21/h7-9,13-18,20,27H,10-12H2,1-6H3. The summed E-state index contributed by atoms with van der Waals surface area (Å²) < 4.78 is 0. The molecule has 0 saturated carbocycles. The molecule has 0 saturated heterocycles. The molecule has 146 valence electrons. The molecule has 1 atom stereocenters. The minimum absolute atomic E-state index is 0.272. The van der Waals surface area contributed by atoms with Crippen molar-refractivity contribution in [1.82, 2.24) is 0 Å². The van der Waals surface area contributed by atoms with Gasteiger partial charge in [0.15, 0.2) is 0 Å². The molecule has 27 heavy (non-hydrogen) atoms. The fourth-order valence-corrected chi connectivity index (χ4v) is 3.48. The van der Waals surface area contributed by atoms with Crippen LogP contribution in [0, 0.1) is 12.8 Å². The van der Waals surface area contributed by atoms with Gasteiger partial charge in [-0.3, -0.25) is 4.99 Å². The van der Waals surface area contributed by atoms with Crippen LogP contribution in [-0.4, -0.2) is 17.4 Å². The lowest BCUT2D eigenvalue weighted by molar-refractivity contribution is 0.451. The minimum atomic E-state index is -0.273. The van der Waals surface area contributed by atoms with Gasteiger partial charge < -0.3 is 5.11 Å². The highest BCUT2D eigenvalue weighted by Gasteiger charge is 2.27. The molecular formula is C25H35NO. The van der Waals surface area contributed by atoms with E-state index in [9.17, 15) is 5.11 Å². The van der Waals surface area contributed by atoms with Gasteiger partial charge in [-0.15, -0.1) is 0 Å². The molecule has 0 aliphatic heterocycles. The molecule has 2 aromatic carbocycles. The summed E-state index contributed by atoms with van der Waals surface area (Å²) in [5.41, 5.74) is 3.75. The summed E-state index contributed by atoms with van der Waals surface area (Å²) in [6.07, 6.45) is 5.39. The van der Waals surface area contributed by atoms with Gasteiger partial charge in [0, 0.05) is 28.8 Å². The highest BCUT2D eigenvalue weighted by Crippen LogP contribution is 2.39. The first kappa shape index (κ1) is 21.2. The van der Waals surface area contributed by atoms with Crippen molar-refractivity contribution in [3.05, 3.63) is 64.7 Å². The Kier molecular flexibility index (Phi) is 7.24. The lowest BCUT2D eigenvalue weighted by Gasteiger charge is -2.28. The van der Waals surface area contributed by atoms with E-state index in [1.54, 1.807) is 0 Å². The Bertz CT molecular complexity index is 759. The molecule has 0 aromatic heterocycles. The third-order valence-corrected chi connectivity index (χ3v) is 5.47. The van der Waals surface area contributed by atoms with Gasteiger partial charge in [0.05, 0.1) is 0 Å². The van der Waals surface area contributed by atoms with Gasteiger partial charge in [0.25, 0.3) is 0 Å². The lowest BCUT2D eigenvalue weighted by atomic mass is 9.76. The number of aliphatic imine (C=N–C) groups is 1. The van der Waals surface area contributed by atoms with Crippen molar-refractivity contribution in [1.29, 1.82) is 0 Å². The number of hydrogen-bond donors (Lipinski definition) is 1. The van der Waals surface area contributed by atoms with Crippen molar-refractivity contribution in [2.45, 2.75) is 72.3 Å². The Morgan fingerprint density at radius 2 is 1.67 bits per heavy atom. The van der Waals surface area contributed by atoms with Crippen LogP contribution in [0.3, 0.4) is 0 Å². The predicted octanol–water partition coefficient (Wildman–Crippen LogP) is 6.66. The third kappa shape index (κ3) is 5.45. The zero-order chi connectivity index (χ0) is 20.0. The van der Waals surface area contributed by atoms with Crippen LogP contribution < -0.4 is 0 Å². The second-order valence-corrected chi connectivity index (χ2v) is 8.64. The maximum Gasteiger partial charge on any atom is 0.128 e. The van der Waals surface area contributed by atoms with Crippen LogP contribution in [0.25, 0.3) is 0 Å². The van der Waals surface area contributed by atoms with Crippen LogP contribution in [0.1, 0.15) is 76.1 Å². The van der Waals surface area contributed by atoms with E-state index in [2.05, 4.69) is 52.8 Å². The first-order chi connectivity index (χ1) is 12.7. The largest absolute Gasteiger partial charge is 0.507 e. The smallest absolute Gasteiger partial charge is 0.128 e. The average molecular weight is 366 g/mol. The number of hydrogen-bond acceptors (Lipinski definition) is 2. The summed E-state index contributed by atoms with van der Waals surface area (Å²) in [7, 11) is 0. The van der Waals surface area contributed by atoms with Gasteiger partial charge in [-0.1, -0.05) is 83.0 Å². The maximum absolute atomic E-state index is 11.0. The van der Waals surface area contributed by atoms with Gasteiger partial charge in [0.2, 0.25) is 0 Å². The van der Waals surface area contributed by atoms with Crippen LogP contribution in [-0.2, 0) is 5.41 Å². The van der Waals surface area contributed by atoms with E-state index < -0.39 is 0 Å². The lowest BCUT2D eigenvalue weighted by Crippen LogP contribution is -2.19. The van der Waals surface area contributed by atoms with E-state index >= 15 is 0 Å². The highest BCUT2D eigenvalue weighted by atomic mass is 16.3. The molecule has 0 heterocycles. The summed E-state index contributed by atoms with van der Waals surface area (Å²) in [4.78, 5) is 4.72. The molecule has 0 aliphatic rings. The third-order valence-electron chi connectivity index (χ3n) is 5.47. The monoisotopic (exact) mass is 365 g/mol. The van der Waals surface area contributed by atoms with Gasteiger partial charge in [-0.2, -0.15) is 0 Å². The topological polar surface area (TPSA) is 32.6 Å². The Balaban J connectivity index is 2.26. The van der Waals surface area contributed by atoms with Crippen molar-refractivity contribution < 1.29 is 5.11 Å². The number of aromatic hydroxyl groups is 1. The average Bonchev–Trinajstić information content (AvgIpc) is 2.61. The molecule has 0 fully saturated rings. The first-order valence-corrected chi connectivity index (χ1v) is 10.1. The van der Waals surface area contributed by atoms with Crippen LogP contribution in [0.15, 0.2) is 47.5 Å². The van der Waals surface area contributed by atoms with E-state index in [0.717, 1.165) is 29.0 Å². The quantitative estimate of drug-likeness (QED) is 0.521. The van der Waals surface area contributed by atoms with Crippen LogP contribution in [0.4, 0.5) is 0 Å². The molecule has 0 aliphatic carbocycles. The molecule has 2 aromatic rings. The molecule has 0 amide bonds. The number of rotatable bonds is 8. The number of phenolic OH excluding ortho intramolecular Hbond substituents is 1. The van der Waals surface area contributed by atoms with E-state index in [4.69, 9.17) is 4.99 Å². The zero-order valence-electron chi connectivity index (χ0n) is 17.8. The highest BCUT2D eigenvalue weighted by molar-refractivity contribution is 5.86. The normalized spacial score (nSPS) is 13.4. The van der Waals surface area contributed by atoms with Crippen molar-refractivity contribution in [2.24, 2.45) is 10.9 Å². The van der Waals surface area contributed by atoms with Gasteiger partial charge in [0.1, 0.15) is 5.75 Å². The molecule has 2 rings (SSSR count). The maximum atomic E-state index is 11.0. The molecule has 2 heteroatoms. The second kappa shape index (κ2) is 9.21. The van der Waals surface area contributed by atoms with E-state index in [-0.39, 0.29) is 11.5 Å². The van der Waals surface area contributed by atoms with E-state index in [1.807, 2.05) is 37.4 Å². The van der Waals surface area contributed by atoms with Crippen molar-refractivity contribution in [3.8, 4) is 5.75 Å². The van der Waals surface area contributed by atoms with Crippen molar-refractivity contribution >= 4 is 6.21 Å². The van der Waals surface area contributed by atoms with Crippen LogP contribution in [0.2, 0.25) is 0 Å². The number of nitrogens with zero attached hydrogens (tertiary/aromatic N) is 1. The van der Waals surface area contributed by atoms with E-state index in [1.165, 1.54) is 18.4 Å². The predicted molar refractivity (Wildman–Crippen MR) is 117 cm³/mol. The van der Waals surface area contributed by atoms with E-state index in [0.29, 0.717) is 5.75 Å². The van der Waals surface area contributed by atoms with Crippen LogP contribution in [0.5, 0.6) is 5.75 Å². The zero-order valence-corrected chi connectivity index (χ0v) is 17.8. The number of aryl methyl sites for hydroxylation is 1.